The van der Waals surface area contributed by atoms with Crippen LogP contribution in [0.15, 0.2) is 40.9 Å². The molecule has 104 valence electrons. The van der Waals surface area contributed by atoms with Crippen LogP contribution in [-0.4, -0.2) is 0 Å². The zero-order valence-electron chi connectivity index (χ0n) is 10.4. The highest BCUT2D eigenvalue weighted by atomic mass is 79.9. The van der Waals surface area contributed by atoms with E-state index in [4.69, 9.17) is 10.5 Å². The summed E-state index contributed by atoms with van der Waals surface area (Å²) in [6, 6.07) is 8.37. The van der Waals surface area contributed by atoms with Gasteiger partial charge in [-0.3, -0.25) is 0 Å². The van der Waals surface area contributed by atoms with Crippen molar-refractivity contribution in [2.75, 3.05) is 0 Å². The molecule has 0 bridgehead atoms. The zero-order chi connectivity index (χ0) is 14.3. The van der Waals surface area contributed by atoms with Crippen molar-refractivity contribution in [2.45, 2.75) is 18.6 Å². The first-order valence-corrected chi connectivity index (χ1v) is 7.00. The molecule has 1 heterocycles. The molecule has 0 saturated heterocycles. The van der Waals surface area contributed by atoms with Crippen LogP contribution in [0.1, 0.15) is 29.7 Å². The quantitative estimate of drug-likeness (QED) is 0.842. The van der Waals surface area contributed by atoms with Gasteiger partial charge >= 0.3 is 0 Å². The average Bonchev–Trinajstić information content (AvgIpc) is 2.42. The number of hydrogen-bond donors (Lipinski definition) is 1. The SMILES string of the molecule is NC1CC(c2cc(F)ccc2Br)Oc2ccc(F)cc21. The van der Waals surface area contributed by atoms with E-state index in [1.54, 1.807) is 12.1 Å². The highest BCUT2D eigenvalue weighted by Crippen LogP contribution is 2.41. The first kappa shape index (κ1) is 13.5. The van der Waals surface area contributed by atoms with E-state index in [1.807, 2.05) is 0 Å². The first-order valence-electron chi connectivity index (χ1n) is 6.21. The molecule has 0 spiro atoms. The van der Waals surface area contributed by atoms with Crippen molar-refractivity contribution in [1.29, 1.82) is 0 Å². The third-order valence-corrected chi connectivity index (χ3v) is 4.14. The van der Waals surface area contributed by atoms with Gasteiger partial charge in [-0.2, -0.15) is 0 Å². The van der Waals surface area contributed by atoms with Crippen LogP contribution in [-0.2, 0) is 0 Å². The standard InChI is InChI=1S/C15H12BrF2NO/c16-12-3-1-8(17)5-10(12)15-7-13(19)11-6-9(18)2-4-14(11)20-15/h1-6,13,15H,7,19H2. The molecule has 2 unspecified atom stereocenters. The minimum Gasteiger partial charge on any atom is -0.485 e. The molecule has 2 aromatic carbocycles. The number of hydrogen-bond acceptors (Lipinski definition) is 2. The number of benzene rings is 2. The summed E-state index contributed by atoms with van der Waals surface area (Å²) in [7, 11) is 0. The summed E-state index contributed by atoms with van der Waals surface area (Å²) in [6.45, 7) is 0. The number of nitrogens with two attached hydrogens (primary N) is 1. The van der Waals surface area contributed by atoms with Crippen molar-refractivity contribution in [2.24, 2.45) is 5.73 Å². The predicted octanol–water partition coefficient (Wildman–Crippen LogP) is 4.25. The Morgan fingerprint density at radius 1 is 1.05 bits per heavy atom. The van der Waals surface area contributed by atoms with E-state index in [9.17, 15) is 8.78 Å². The van der Waals surface area contributed by atoms with Gasteiger partial charge in [0, 0.05) is 28.1 Å². The van der Waals surface area contributed by atoms with E-state index in [0.717, 1.165) is 4.47 Å². The summed E-state index contributed by atoms with van der Waals surface area (Å²) >= 11 is 3.39. The second-order valence-electron chi connectivity index (χ2n) is 4.80. The molecule has 2 aromatic rings. The molecule has 0 saturated carbocycles. The maximum absolute atomic E-state index is 13.4. The van der Waals surface area contributed by atoms with Crippen LogP contribution >= 0.6 is 15.9 Å². The molecule has 20 heavy (non-hydrogen) atoms. The van der Waals surface area contributed by atoms with Gasteiger partial charge in [-0.25, -0.2) is 8.78 Å². The van der Waals surface area contributed by atoms with E-state index in [-0.39, 0.29) is 23.8 Å². The van der Waals surface area contributed by atoms with Crippen LogP contribution in [0.5, 0.6) is 5.75 Å². The molecular formula is C15H12BrF2NO. The second-order valence-corrected chi connectivity index (χ2v) is 5.65. The molecule has 1 aliphatic rings. The largest absolute Gasteiger partial charge is 0.485 e. The Bertz CT molecular complexity index is 662. The molecule has 2 N–H and O–H groups in total. The molecule has 0 aromatic heterocycles. The van der Waals surface area contributed by atoms with Crippen LogP contribution in [0.4, 0.5) is 8.78 Å². The first-order chi connectivity index (χ1) is 9.54. The maximum Gasteiger partial charge on any atom is 0.127 e. The van der Waals surface area contributed by atoms with Gasteiger partial charge < -0.3 is 10.5 Å². The van der Waals surface area contributed by atoms with Crippen LogP contribution in [0.2, 0.25) is 0 Å². The number of rotatable bonds is 1. The minimum atomic E-state index is -0.354. The Hall–Kier alpha value is -1.46. The smallest absolute Gasteiger partial charge is 0.127 e. The third kappa shape index (κ3) is 2.43. The molecule has 2 nitrogen and oxygen atoms in total. The van der Waals surface area contributed by atoms with Crippen molar-refractivity contribution in [3.05, 3.63) is 63.6 Å². The minimum absolute atomic E-state index is 0.328. The number of ether oxygens (including phenoxy) is 1. The van der Waals surface area contributed by atoms with Crippen molar-refractivity contribution >= 4 is 15.9 Å². The lowest BCUT2D eigenvalue weighted by Gasteiger charge is -2.31. The fourth-order valence-electron chi connectivity index (χ4n) is 2.43. The predicted molar refractivity (Wildman–Crippen MR) is 75.4 cm³/mol. The Kier molecular flexibility index (Phi) is 3.48. The molecule has 0 aliphatic carbocycles. The summed E-state index contributed by atoms with van der Waals surface area (Å²) in [4.78, 5) is 0. The van der Waals surface area contributed by atoms with E-state index in [1.165, 1.54) is 24.3 Å². The van der Waals surface area contributed by atoms with Crippen molar-refractivity contribution in [1.82, 2.24) is 0 Å². The highest BCUT2D eigenvalue weighted by molar-refractivity contribution is 9.10. The van der Waals surface area contributed by atoms with Crippen molar-refractivity contribution in [3.8, 4) is 5.75 Å². The lowest BCUT2D eigenvalue weighted by molar-refractivity contribution is 0.160. The van der Waals surface area contributed by atoms with Gasteiger partial charge in [0.25, 0.3) is 0 Å². The van der Waals surface area contributed by atoms with Crippen LogP contribution in [0, 0.1) is 11.6 Å². The molecular weight excluding hydrogens is 328 g/mol. The molecule has 2 atom stereocenters. The maximum atomic E-state index is 13.4. The molecule has 5 heteroatoms. The Balaban J connectivity index is 1.99. The topological polar surface area (TPSA) is 35.2 Å². The van der Waals surface area contributed by atoms with Gasteiger partial charge in [0.05, 0.1) is 0 Å². The van der Waals surface area contributed by atoms with E-state index in [2.05, 4.69) is 15.9 Å². The Labute approximate surface area is 123 Å². The molecule has 1 aliphatic heterocycles. The summed E-state index contributed by atoms with van der Waals surface area (Å²) in [5.74, 6) is -0.121. The fraction of sp³-hybridized carbons (Fsp3) is 0.200. The summed E-state index contributed by atoms with van der Waals surface area (Å²) in [5, 5.41) is 0. The lowest BCUT2D eigenvalue weighted by Crippen LogP contribution is -2.24. The van der Waals surface area contributed by atoms with Crippen LogP contribution in [0.3, 0.4) is 0 Å². The highest BCUT2D eigenvalue weighted by Gasteiger charge is 2.28. The Morgan fingerprint density at radius 3 is 2.45 bits per heavy atom. The van der Waals surface area contributed by atoms with Crippen molar-refractivity contribution < 1.29 is 13.5 Å². The second kappa shape index (κ2) is 5.14. The van der Waals surface area contributed by atoms with E-state index < -0.39 is 0 Å². The molecule has 0 amide bonds. The summed E-state index contributed by atoms with van der Waals surface area (Å²) < 4.78 is 33.2. The van der Waals surface area contributed by atoms with E-state index >= 15 is 0 Å². The van der Waals surface area contributed by atoms with Crippen LogP contribution < -0.4 is 10.5 Å². The van der Waals surface area contributed by atoms with Gasteiger partial charge in [-0.1, -0.05) is 15.9 Å². The molecule has 0 fully saturated rings. The van der Waals surface area contributed by atoms with Gasteiger partial charge in [0.15, 0.2) is 0 Å². The zero-order valence-corrected chi connectivity index (χ0v) is 12.0. The molecule has 3 rings (SSSR count). The normalized spacial score (nSPS) is 21.2. The van der Waals surface area contributed by atoms with E-state index in [0.29, 0.717) is 23.3 Å². The number of fused-ring (bicyclic) bond motifs is 1. The fourth-order valence-corrected chi connectivity index (χ4v) is 2.93. The number of halogens is 3. The summed E-state index contributed by atoms with van der Waals surface area (Å²) in [5.41, 5.74) is 7.43. The van der Waals surface area contributed by atoms with Crippen molar-refractivity contribution in [3.63, 3.8) is 0 Å². The van der Waals surface area contributed by atoms with Gasteiger partial charge in [-0.05, 0) is 36.4 Å². The summed E-state index contributed by atoms with van der Waals surface area (Å²) in [6.07, 6.45) is 0.117. The van der Waals surface area contributed by atoms with Crippen LogP contribution in [0.25, 0.3) is 0 Å². The third-order valence-electron chi connectivity index (χ3n) is 3.41. The van der Waals surface area contributed by atoms with Gasteiger partial charge in [-0.15, -0.1) is 0 Å². The van der Waals surface area contributed by atoms with Gasteiger partial charge in [0.2, 0.25) is 0 Å². The monoisotopic (exact) mass is 339 g/mol. The molecule has 0 radical (unpaired) electrons. The Morgan fingerprint density at radius 2 is 1.70 bits per heavy atom. The lowest BCUT2D eigenvalue weighted by atomic mass is 9.93. The van der Waals surface area contributed by atoms with Gasteiger partial charge in [0.1, 0.15) is 23.5 Å². The average molecular weight is 340 g/mol.